The van der Waals surface area contributed by atoms with Crippen molar-refractivity contribution in [3.63, 3.8) is 0 Å². The quantitative estimate of drug-likeness (QED) is 0.186. The zero-order chi connectivity index (χ0) is 25.3. The number of imidazole rings is 1. The lowest BCUT2D eigenvalue weighted by molar-refractivity contribution is 0.246. The molecule has 3 nitrogen and oxygen atoms in total. The number of halogens is 2. The monoisotopic (exact) mass is 519 g/mol. The van der Waals surface area contributed by atoms with Crippen molar-refractivity contribution in [3.8, 4) is 22.6 Å². The Kier molecular flexibility index (Phi) is 9.63. The van der Waals surface area contributed by atoms with Crippen LogP contribution < -0.4 is 0 Å². The molecule has 5 heteroatoms. The Morgan fingerprint density at radius 2 is 1.42 bits per heavy atom. The molecular formula is C31H35Cl2N3. The van der Waals surface area contributed by atoms with Crippen LogP contribution in [0.15, 0.2) is 78.9 Å². The van der Waals surface area contributed by atoms with Crippen LogP contribution in [0, 0.1) is 0 Å². The lowest BCUT2D eigenvalue weighted by Crippen LogP contribution is -2.26. The molecule has 0 fully saturated rings. The van der Waals surface area contributed by atoms with Crippen molar-refractivity contribution in [2.75, 3.05) is 6.54 Å². The SMILES string of the molecule is CCCCN(Cc1cccc(Cl)c1Cl)Cc1c(-c2ccccc2)nc(-c2ccccc2)n1CCCC. The predicted molar refractivity (Wildman–Crippen MR) is 153 cm³/mol. The normalized spacial score (nSPS) is 11.4. The molecule has 0 aliphatic rings. The first kappa shape index (κ1) is 26.5. The average molecular weight is 521 g/mol. The van der Waals surface area contributed by atoms with Crippen molar-refractivity contribution in [2.24, 2.45) is 0 Å². The van der Waals surface area contributed by atoms with E-state index in [1.165, 1.54) is 5.69 Å². The summed E-state index contributed by atoms with van der Waals surface area (Å²) in [4.78, 5) is 7.75. The van der Waals surface area contributed by atoms with Crippen LogP contribution in [0.4, 0.5) is 0 Å². The van der Waals surface area contributed by atoms with Crippen LogP contribution >= 0.6 is 23.2 Å². The van der Waals surface area contributed by atoms with E-state index in [1.54, 1.807) is 0 Å². The van der Waals surface area contributed by atoms with Gasteiger partial charge in [0.1, 0.15) is 5.82 Å². The van der Waals surface area contributed by atoms with Gasteiger partial charge in [0.15, 0.2) is 0 Å². The first-order chi connectivity index (χ1) is 17.6. The molecule has 0 aliphatic heterocycles. The Balaban J connectivity index is 1.81. The zero-order valence-corrected chi connectivity index (χ0v) is 22.8. The molecule has 0 atom stereocenters. The van der Waals surface area contributed by atoms with Gasteiger partial charge in [0.25, 0.3) is 0 Å². The largest absolute Gasteiger partial charge is 0.326 e. The third-order valence-electron chi connectivity index (χ3n) is 6.51. The van der Waals surface area contributed by atoms with Crippen molar-refractivity contribution in [3.05, 3.63) is 100 Å². The standard InChI is InChI=1S/C31H35Cl2N3/c1-3-5-20-35(22-26-18-13-19-27(32)29(26)33)23-28-30(24-14-9-7-10-15-24)34-31(36(28)21-6-4-2)25-16-11-8-12-17-25/h7-19H,3-6,20-23H2,1-2H3. The van der Waals surface area contributed by atoms with Gasteiger partial charge in [-0.25, -0.2) is 4.98 Å². The molecule has 0 saturated heterocycles. The van der Waals surface area contributed by atoms with Gasteiger partial charge in [0, 0.05) is 30.8 Å². The number of unbranched alkanes of at least 4 members (excludes halogenated alkanes) is 2. The molecule has 4 aromatic rings. The maximum Gasteiger partial charge on any atom is 0.140 e. The summed E-state index contributed by atoms with van der Waals surface area (Å²) in [6.07, 6.45) is 4.49. The molecule has 0 aliphatic carbocycles. The van der Waals surface area contributed by atoms with Crippen LogP contribution in [0.1, 0.15) is 50.8 Å². The van der Waals surface area contributed by atoms with Gasteiger partial charge < -0.3 is 4.57 Å². The van der Waals surface area contributed by atoms with Crippen LogP contribution in [0.3, 0.4) is 0 Å². The van der Waals surface area contributed by atoms with Gasteiger partial charge in [-0.05, 0) is 31.0 Å². The first-order valence-corrected chi connectivity index (χ1v) is 13.7. The molecule has 0 spiro atoms. The minimum Gasteiger partial charge on any atom is -0.326 e. The molecule has 0 N–H and O–H groups in total. The summed E-state index contributed by atoms with van der Waals surface area (Å²) in [5.74, 6) is 1.04. The van der Waals surface area contributed by atoms with Gasteiger partial charge in [0.2, 0.25) is 0 Å². The summed E-state index contributed by atoms with van der Waals surface area (Å²) in [5, 5.41) is 1.25. The smallest absolute Gasteiger partial charge is 0.140 e. The van der Waals surface area contributed by atoms with E-state index >= 15 is 0 Å². The molecular weight excluding hydrogens is 485 g/mol. The van der Waals surface area contributed by atoms with Crippen molar-refractivity contribution in [1.29, 1.82) is 0 Å². The Morgan fingerprint density at radius 3 is 2.08 bits per heavy atom. The van der Waals surface area contributed by atoms with E-state index in [0.29, 0.717) is 10.0 Å². The molecule has 4 rings (SSSR count). The number of hydrogen-bond donors (Lipinski definition) is 0. The molecule has 0 amide bonds. The highest BCUT2D eigenvalue weighted by Crippen LogP contribution is 2.32. The number of nitrogens with zero attached hydrogens (tertiary/aromatic N) is 3. The van der Waals surface area contributed by atoms with E-state index in [2.05, 4.69) is 90.0 Å². The molecule has 36 heavy (non-hydrogen) atoms. The minimum absolute atomic E-state index is 0.605. The molecule has 0 saturated carbocycles. The number of aromatic nitrogens is 2. The van der Waals surface area contributed by atoms with Gasteiger partial charge >= 0.3 is 0 Å². The molecule has 1 aromatic heterocycles. The molecule has 0 unspecified atom stereocenters. The third-order valence-corrected chi connectivity index (χ3v) is 7.37. The molecule has 1 heterocycles. The van der Waals surface area contributed by atoms with Gasteiger partial charge in [-0.1, -0.05) is 123 Å². The van der Waals surface area contributed by atoms with Gasteiger partial charge in [-0.3, -0.25) is 4.90 Å². The average Bonchev–Trinajstić information content (AvgIpc) is 3.27. The number of hydrogen-bond acceptors (Lipinski definition) is 2. The highest BCUT2D eigenvalue weighted by molar-refractivity contribution is 6.42. The fourth-order valence-electron chi connectivity index (χ4n) is 4.56. The van der Waals surface area contributed by atoms with Crippen molar-refractivity contribution < 1.29 is 0 Å². The van der Waals surface area contributed by atoms with E-state index in [4.69, 9.17) is 28.2 Å². The summed E-state index contributed by atoms with van der Waals surface area (Å²) < 4.78 is 2.44. The topological polar surface area (TPSA) is 21.1 Å². The summed E-state index contributed by atoms with van der Waals surface area (Å²) >= 11 is 13.0. The molecule has 3 aromatic carbocycles. The Hall–Kier alpha value is -2.59. The first-order valence-electron chi connectivity index (χ1n) is 13.0. The second-order valence-electron chi connectivity index (χ2n) is 9.25. The van der Waals surface area contributed by atoms with Gasteiger partial charge in [0.05, 0.1) is 21.4 Å². The van der Waals surface area contributed by atoms with Gasteiger partial charge in [-0.2, -0.15) is 0 Å². The lowest BCUT2D eigenvalue weighted by atomic mass is 10.1. The van der Waals surface area contributed by atoms with Gasteiger partial charge in [-0.15, -0.1) is 0 Å². The fraction of sp³-hybridized carbons (Fsp3) is 0.323. The van der Waals surface area contributed by atoms with Crippen molar-refractivity contribution in [1.82, 2.24) is 14.5 Å². The van der Waals surface area contributed by atoms with E-state index in [1.807, 2.05) is 12.1 Å². The summed E-state index contributed by atoms with van der Waals surface area (Å²) in [7, 11) is 0. The molecule has 0 bridgehead atoms. The van der Waals surface area contributed by atoms with Crippen LogP contribution in [-0.4, -0.2) is 21.0 Å². The summed E-state index contributed by atoms with van der Waals surface area (Å²) in [6.45, 7) is 7.93. The Bertz CT molecular complexity index is 1240. The van der Waals surface area contributed by atoms with Crippen LogP contribution in [0.25, 0.3) is 22.6 Å². The van der Waals surface area contributed by atoms with E-state index in [-0.39, 0.29) is 0 Å². The number of benzene rings is 3. The molecule has 188 valence electrons. The minimum atomic E-state index is 0.605. The second-order valence-corrected chi connectivity index (χ2v) is 10.0. The third kappa shape index (κ3) is 6.39. The van der Waals surface area contributed by atoms with Crippen LogP contribution in [-0.2, 0) is 19.6 Å². The van der Waals surface area contributed by atoms with E-state index in [0.717, 1.165) is 80.1 Å². The highest BCUT2D eigenvalue weighted by Gasteiger charge is 2.22. The van der Waals surface area contributed by atoms with E-state index < -0.39 is 0 Å². The van der Waals surface area contributed by atoms with Crippen molar-refractivity contribution >= 4 is 23.2 Å². The highest BCUT2D eigenvalue weighted by atomic mass is 35.5. The zero-order valence-electron chi connectivity index (χ0n) is 21.3. The summed E-state index contributed by atoms with van der Waals surface area (Å²) in [5.41, 5.74) is 5.67. The molecule has 0 radical (unpaired) electrons. The Morgan fingerprint density at radius 1 is 0.750 bits per heavy atom. The predicted octanol–water partition coefficient (Wildman–Crippen LogP) is 9.13. The fourth-order valence-corrected chi connectivity index (χ4v) is 4.94. The summed E-state index contributed by atoms with van der Waals surface area (Å²) in [6, 6.07) is 27.0. The maximum absolute atomic E-state index is 6.61. The number of rotatable bonds is 12. The lowest BCUT2D eigenvalue weighted by Gasteiger charge is -2.25. The maximum atomic E-state index is 6.61. The van der Waals surface area contributed by atoms with Crippen LogP contribution in [0.2, 0.25) is 10.0 Å². The van der Waals surface area contributed by atoms with Crippen molar-refractivity contribution in [2.45, 2.75) is 59.2 Å². The second kappa shape index (κ2) is 13.1. The Labute approximate surface area is 225 Å². The van der Waals surface area contributed by atoms with E-state index in [9.17, 15) is 0 Å². The van der Waals surface area contributed by atoms with Crippen LogP contribution in [0.5, 0.6) is 0 Å².